The summed E-state index contributed by atoms with van der Waals surface area (Å²) in [4.78, 5) is 39.3. The molecule has 13 heteroatoms. The molecule has 1 fully saturated rings. The Hall–Kier alpha value is -3.45. The van der Waals surface area contributed by atoms with Crippen LogP contribution >= 0.6 is 11.3 Å². The zero-order chi connectivity index (χ0) is 21.7. The van der Waals surface area contributed by atoms with Crippen molar-refractivity contribution >= 4 is 45.8 Å². The van der Waals surface area contributed by atoms with Crippen molar-refractivity contribution < 1.29 is 23.5 Å². The van der Waals surface area contributed by atoms with E-state index >= 15 is 0 Å². The van der Waals surface area contributed by atoms with Crippen molar-refractivity contribution in [3.8, 4) is 0 Å². The minimum atomic E-state index is -0.622. The van der Waals surface area contributed by atoms with Gasteiger partial charge in [0.2, 0.25) is 5.91 Å². The number of amides is 3. The van der Waals surface area contributed by atoms with Gasteiger partial charge in [0.15, 0.2) is 5.13 Å². The molecule has 0 radical (unpaired) electrons. The number of thiazole rings is 1. The monoisotopic (exact) mass is 437 g/mol. The minimum Gasteiger partial charge on any atom is -0.442 e. The lowest BCUT2D eigenvalue weighted by molar-refractivity contribution is -0.119. The number of nitrogens with zero attached hydrogens (tertiary/aromatic N) is 2. The number of hydrazine groups is 1. The lowest BCUT2D eigenvalue weighted by atomic mass is 10.2. The van der Waals surface area contributed by atoms with Crippen LogP contribution in [0.2, 0.25) is 0 Å². The second-order valence-corrected chi connectivity index (χ2v) is 7.13. The standard InChI is InChI=1S/C17H20FN7O4S/c1-9(26)20-5-11-6-25(17(28)29-11)10-2-3-13(12(18)4-10)21-8-22-24-16-23-14(7-30-16)15(19)27/h2-4,7,11,21-22H,5-6,8H2,1H3,(H2,19,27)(H,20,26)(H,23,24)/t11-/m0/s1. The number of rotatable bonds is 9. The molecule has 0 saturated carbocycles. The minimum absolute atomic E-state index is 0.145. The van der Waals surface area contributed by atoms with E-state index < -0.39 is 23.9 Å². The molecule has 0 bridgehead atoms. The van der Waals surface area contributed by atoms with Crippen LogP contribution in [-0.4, -0.2) is 48.8 Å². The number of carbonyl (C=O) groups excluding carboxylic acids is 3. The number of carbonyl (C=O) groups is 3. The third-order valence-corrected chi connectivity index (χ3v) is 4.79. The van der Waals surface area contributed by atoms with E-state index in [0.717, 1.165) is 0 Å². The van der Waals surface area contributed by atoms with Crippen LogP contribution in [0, 0.1) is 5.82 Å². The van der Waals surface area contributed by atoms with Gasteiger partial charge in [-0.25, -0.2) is 19.6 Å². The van der Waals surface area contributed by atoms with E-state index in [1.807, 2.05) is 0 Å². The molecule has 1 atom stereocenters. The fourth-order valence-electron chi connectivity index (χ4n) is 2.62. The molecule has 11 nitrogen and oxygen atoms in total. The van der Waals surface area contributed by atoms with Crippen molar-refractivity contribution in [2.75, 3.05) is 35.4 Å². The molecule has 2 heterocycles. The van der Waals surface area contributed by atoms with E-state index in [1.54, 1.807) is 6.07 Å². The summed E-state index contributed by atoms with van der Waals surface area (Å²) in [5.41, 5.74) is 11.4. The molecular formula is C17H20FN7O4S. The summed E-state index contributed by atoms with van der Waals surface area (Å²) < 4.78 is 19.6. The molecule has 0 unspecified atom stereocenters. The Morgan fingerprint density at radius 1 is 1.43 bits per heavy atom. The molecule has 6 N–H and O–H groups in total. The molecule has 1 aromatic heterocycles. The molecular weight excluding hydrogens is 417 g/mol. The van der Waals surface area contributed by atoms with Crippen molar-refractivity contribution in [3.05, 3.63) is 35.1 Å². The number of hydrogen-bond acceptors (Lipinski definition) is 9. The Balaban J connectivity index is 1.50. The smallest absolute Gasteiger partial charge is 0.414 e. The molecule has 30 heavy (non-hydrogen) atoms. The summed E-state index contributed by atoms with van der Waals surface area (Å²) in [5, 5.41) is 7.37. The Labute approximate surface area is 174 Å². The van der Waals surface area contributed by atoms with E-state index in [1.165, 1.54) is 40.7 Å². The second kappa shape index (κ2) is 9.37. The van der Waals surface area contributed by atoms with Crippen LogP contribution in [0.1, 0.15) is 17.4 Å². The topological polar surface area (TPSA) is 151 Å². The van der Waals surface area contributed by atoms with E-state index in [2.05, 4.69) is 26.5 Å². The number of nitrogens with one attached hydrogen (secondary N) is 4. The Morgan fingerprint density at radius 2 is 2.23 bits per heavy atom. The highest BCUT2D eigenvalue weighted by Gasteiger charge is 2.32. The van der Waals surface area contributed by atoms with Gasteiger partial charge in [-0.05, 0) is 18.2 Å². The van der Waals surface area contributed by atoms with Gasteiger partial charge in [-0.3, -0.25) is 19.9 Å². The molecule has 0 spiro atoms. The number of cyclic esters (lactones) is 1. The van der Waals surface area contributed by atoms with Crippen molar-refractivity contribution in [2.24, 2.45) is 5.73 Å². The van der Waals surface area contributed by atoms with Gasteiger partial charge in [-0.1, -0.05) is 0 Å². The number of aromatic nitrogens is 1. The number of nitrogens with two attached hydrogens (primary N) is 1. The van der Waals surface area contributed by atoms with Crippen molar-refractivity contribution in [2.45, 2.75) is 13.0 Å². The Bertz CT molecular complexity index is 954. The third-order valence-electron chi connectivity index (χ3n) is 4.04. The maximum atomic E-state index is 14.4. The number of hydrogen-bond donors (Lipinski definition) is 5. The summed E-state index contributed by atoms with van der Waals surface area (Å²) in [6, 6.07) is 4.30. The molecule has 0 aliphatic carbocycles. The van der Waals surface area contributed by atoms with E-state index in [0.29, 0.717) is 10.8 Å². The van der Waals surface area contributed by atoms with Gasteiger partial charge in [-0.15, -0.1) is 11.3 Å². The largest absolute Gasteiger partial charge is 0.442 e. The van der Waals surface area contributed by atoms with E-state index in [-0.39, 0.29) is 37.0 Å². The fraction of sp³-hybridized carbons (Fsp3) is 0.294. The van der Waals surface area contributed by atoms with Crippen LogP contribution < -0.4 is 32.1 Å². The molecule has 160 valence electrons. The summed E-state index contributed by atoms with van der Waals surface area (Å²) in [7, 11) is 0. The lowest BCUT2D eigenvalue weighted by Gasteiger charge is -2.15. The number of halogens is 1. The van der Waals surface area contributed by atoms with Crippen LogP contribution in [0.25, 0.3) is 0 Å². The Kier molecular flexibility index (Phi) is 6.64. The fourth-order valence-corrected chi connectivity index (χ4v) is 3.29. The molecule has 1 aromatic carbocycles. The zero-order valence-corrected chi connectivity index (χ0v) is 16.7. The van der Waals surface area contributed by atoms with Crippen molar-refractivity contribution in [1.29, 1.82) is 0 Å². The van der Waals surface area contributed by atoms with Crippen LogP contribution in [0.15, 0.2) is 23.6 Å². The number of ether oxygens (including phenoxy) is 1. The van der Waals surface area contributed by atoms with E-state index in [9.17, 15) is 18.8 Å². The molecule has 3 amide bonds. The highest BCUT2D eigenvalue weighted by atomic mass is 32.1. The first-order valence-electron chi connectivity index (χ1n) is 8.83. The van der Waals surface area contributed by atoms with Gasteiger partial charge < -0.3 is 21.1 Å². The second-order valence-electron chi connectivity index (χ2n) is 6.28. The predicted octanol–water partition coefficient (Wildman–Crippen LogP) is 0.828. The molecule has 3 rings (SSSR count). The van der Waals surface area contributed by atoms with Gasteiger partial charge in [0.1, 0.15) is 17.6 Å². The maximum Gasteiger partial charge on any atom is 0.414 e. The first-order chi connectivity index (χ1) is 14.3. The summed E-state index contributed by atoms with van der Waals surface area (Å²) in [6.45, 7) is 1.91. The third kappa shape index (κ3) is 5.33. The lowest BCUT2D eigenvalue weighted by Crippen LogP contribution is -2.33. The Morgan fingerprint density at radius 3 is 2.90 bits per heavy atom. The SMILES string of the molecule is CC(=O)NC[C@H]1CN(c2ccc(NCNNc3nc(C(N)=O)cs3)c(F)c2)C(=O)O1. The van der Waals surface area contributed by atoms with Gasteiger partial charge in [-0.2, -0.15) is 0 Å². The summed E-state index contributed by atoms with van der Waals surface area (Å²) >= 11 is 1.19. The highest BCUT2D eigenvalue weighted by Crippen LogP contribution is 2.25. The number of primary amides is 1. The van der Waals surface area contributed by atoms with Crippen LogP contribution in [0.4, 0.5) is 25.7 Å². The molecule has 1 aliphatic rings. The van der Waals surface area contributed by atoms with Crippen molar-refractivity contribution in [1.82, 2.24) is 15.7 Å². The number of anilines is 3. The maximum absolute atomic E-state index is 14.4. The van der Waals surface area contributed by atoms with Crippen LogP contribution in [0.5, 0.6) is 0 Å². The quantitative estimate of drug-likeness (QED) is 0.220. The van der Waals surface area contributed by atoms with Gasteiger partial charge in [0.05, 0.1) is 31.1 Å². The van der Waals surface area contributed by atoms with Gasteiger partial charge in [0, 0.05) is 12.3 Å². The molecule has 1 aliphatic heterocycles. The highest BCUT2D eigenvalue weighted by molar-refractivity contribution is 7.13. The average Bonchev–Trinajstić information content (AvgIpc) is 3.31. The first kappa shape index (κ1) is 21.3. The average molecular weight is 437 g/mol. The number of benzene rings is 1. The van der Waals surface area contributed by atoms with Gasteiger partial charge >= 0.3 is 6.09 Å². The summed E-state index contributed by atoms with van der Waals surface area (Å²) in [6.07, 6.45) is -1.10. The molecule has 1 saturated heterocycles. The van der Waals surface area contributed by atoms with Crippen molar-refractivity contribution in [3.63, 3.8) is 0 Å². The normalized spacial score (nSPS) is 15.6. The van der Waals surface area contributed by atoms with Crippen LogP contribution in [0.3, 0.4) is 0 Å². The zero-order valence-electron chi connectivity index (χ0n) is 15.9. The first-order valence-corrected chi connectivity index (χ1v) is 9.71. The predicted molar refractivity (Wildman–Crippen MR) is 109 cm³/mol. The van der Waals surface area contributed by atoms with E-state index in [4.69, 9.17) is 10.5 Å². The summed E-state index contributed by atoms with van der Waals surface area (Å²) in [5.74, 6) is -1.40. The van der Waals surface area contributed by atoms with Gasteiger partial charge in [0.25, 0.3) is 5.91 Å². The van der Waals surface area contributed by atoms with Crippen LogP contribution in [-0.2, 0) is 9.53 Å². The molecule has 2 aromatic rings.